The standard InChI is InChI=1S/C13H18N4OS/c1-3-9(2)19-8-12-16-13(18-17-12)10-4-5-15-11(6-10)7-14/h4-6,9H,3,7-8,14H2,1-2H3. The van der Waals surface area contributed by atoms with Crippen LogP contribution in [0, 0.1) is 0 Å². The first-order chi connectivity index (χ1) is 9.22. The molecule has 0 spiro atoms. The average molecular weight is 278 g/mol. The van der Waals surface area contributed by atoms with E-state index in [1.165, 1.54) is 0 Å². The van der Waals surface area contributed by atoms with Crippen LogP contribution in [0.5, 0.6) is 0 Å². The molecular formula is C13H18N4OS. The smallest absolute Gasteiger partial charge is 0.258 e. The maximum Gasteiger partial charge on any atom is 0.258 e. The molecule has 0 aliphatic carbocycles. The Hall–Kier alpha value is -1.40. The number of aromatic nitrogens is 3. The molecule has 5 nitrogen and oxygen atoms in total. The van der Waals surface area contributed by atoms with Gasteiger partial charge in [0.05, 0.1) is 11.4 Å². The second-order valence-corrected chi connectivity index (χ2v) is 5.71. The van der Waals surface area contributed by atoms with E-state index in [1.54, 1.807) is 6.20 Å². The van der Waals surface area contributed by atoms with Gasteiger partial charge in [-0.2, -0.15) is 16.7 Å². The summed E-state index contributed by atoms with van der Waals surface area (Å²) in [5.41, 5.74) is 7.24. The zero-order valence-corrected chi connectivity index (χ0v) is 12.0. The summed E-state index contributed by atoms with van der Waals surface area (Å²) in [4.78, 5) is 8.54. The first-order valence-corrected chi connectivity index (χ1v) is 7.37. The Morgan fingerprint density at radius 1 is 1.47 bits per heavy atom. The van der Waals surface area contributed by atoms with Crippen LogP contribution in [0.25, 0.3) is 11.5 Å². The van der Waals surface area contributed by atoms with Gasteiger partial charge in [0.2, 0.25) is 0 Å². The summed E-state index contributed by atoms with van der Waals surface area (Å²) in [6.07, 6.45) is 2.84. The van der Waals surface area contributed by atoms with Crippen molar-refractivity contribution in [3.05, 3.63) is 29.8 Å². The Morgan fingerprint density at radius 2 is 2.32 bits per heavy atom. The van der Waals surface area contributed by atoms with Gasteiger partial charge in [0.1, 0.15) is 0 Å². The maximum atomic E-state index is 5.57. The van der Waals surface area contributed by atoms with E-state index in [0.29, 0.717) is 17.7 Å². The summed E-state index contributed by atoms with van der Waals surface area (Å²) >= 11 is 1.83. The molecule has 0 bridgehead atoms. The highest BCUT2D eigenvalue weighted by atomic mass is 32.2. The van der Waals surface area contributed by atoms with E-state index in [0.717, 1.165) is 29.3 Å². The summed E-state index contributed by atoms with van der Waals surface area (Å²) in [7, 11) is 0. The summed E-state index contributed by atoms with van der Waals surface area (Å²) < 4.78 is 5.27. The van der Waals surface area contributed by atoms with Gasteiger partial charge in [-0.15, -0.1) is 0 Å². The number of rotatable bonds is 6. The minimum atomic E-state index is 0.401. The number of thioether (sulfide) groups is 1. The van der Waals surface area contributed by atoms with Crippen LogP contribution in [0.3, 0.4) is 0 Å². The lowest BCUT2D eigenvalue weighted by molar-refractivity contribution is 0.425. The van der Waals surface area contributed by atoms with E-state index in [9.17, 15) is 0 Å². The van der Waals surface area contributed by atoms with E-state index in [4.69, 9.17) is 10.3 Å². The molecule has 0 aliphatic heterocycles. The van der Waals surface area contributed by atoms with Crippen molar-refractivity contribution in [3.8, 4) is 11.5 Å². The van der Waals surface area contributed by atoms with Crippen LogP contribution in [-0.2, 0) is 12.3 Å². The van der Waals surface area contributed by atoms with Crippen molar-refractivity contribution in [3.63, 3.8) is 0 Å². The van der Waals surface area contributed by atoms with Crippen molar-refractivity contribution in [2.75, 3.05) is 0 Å². The second-order valence-electron chi connectivity index (χ2n) is 4.29. The third-order valence-corrected chi connectivity index (χ3v) is 4.14. The van der Waals surface area contributed by atoms with Gasteiger partial charge in [0.15, 0.2) is 5.82 Å². The SMILES string of the molecule is CCC(C)SCc1noc(-c2ccnc(CN)c2)n1. The molecule has 2 rings (SSSR count). The van der Waals surface area contributed by atoms with Crippen molar-refractivity contribution in [2.24, 2.45) is 5.73 Å². The van der Waals surface area contributed by atoms with Gasteiger partial charge >= 0.3 is 0 Å². The third kappa shape index (κ3) is 3.78. The van der Waals surface area contributed by atoms with Crippen molar-refractivity contribution in [2.45, 2.75) is 37.8 Å². The van der Waals surface area contributed by atoms with Crippen LogP contribution < -0.4 is 5.73 Å². The summed E-state index contributed by atoms with van der Waals surface area (Å²) in [5.74, 6) is 2.02. The number of hydrogen-bond acceptors (Lipinski definition) is 6. The molecular weight excluding hydrogens is 260 g/mol. The molecule has 1 unspecified atom stereocenters. The molecule has 2 aromatic rings. The molecule has 0 fully saturated rings. The lowest BCUT2D eigenvalue weighted by Gasteiger charge is -2.04. The number of nitrogens with two attached hydrogens (primary N) is 1. The van der Waals surface area contributed by atoms with Crippen molar-refractivity contribution in [1.82, 2.24) is 15.1 Å². The molecule has 0 aliphatic rings. The van der Waals surface area contributed by atoms with Gasteiger partial charge in [-0.25, -0.2) is 0 Å². The molecule has 6 heteroatoms. The van der Waals surface area contributed by atoms with Gasteiger partial charge in [-0.3, -0.25) is 4.98 Å². The number of pyridine rings is 1. The highest BCUT2D eigenvalue weighted by Gasteiger charge is 2.10. The van der Waals surface area contributed by atoms with E-state index in [2.05, 4.69) is 29.0 Å². The van der Waals surface area contributed by atoms with Crippen molar-refractivity contribution in [1.29, 1.82) is 0 Å². The first kappa shape index (κ1) is 14.0. The fourth-order valence-corrected chi connectivity index (χ4v) is 2.27. The zero-order chi connectivity index (χ0) is 13.7. The topological polar surface area (TPSA) is 77.8 Å². The van der Waals surface area contributed by atoms with Crippen molar-refractivity contribution < 1.29 is 4.52 Å². The lowest BCUT2D eigenvalue weighted by atomic mass is 10.2. The van der Waals surface area contributed by atoms with E-state index >= 15 is 0 Å². The average Bonchev–Trinajstić information content (AvgIpc) is 2.93. The zero-order valence-electron chi connectivity index (χ0n) is 11.2. The molecule has 2 aromatic heterocycles. The molecule has 19 heavy (non-hydrogen) atoms. The molecule has 0 radical (unpaired) electrons. The Kier molecular flexibility index (Phi) is 4.93. The minimum Gasteiger partial charge on any atom is -0.334 e. The molecule has 0 saturated carbocycles. The van der Waals surface area contributed by atoms with Crippen LogP contribution in [0.15, 0.2) is 22.9 Å². The Balaban J connectivity index is 2.07. The van der Waals surface area contributed by atoms with Crippen molar-refractivity contribution >= 4 is 11.8 Å². The monoisotopic (exact) mass is 278 g/mol. The quantitative estimate of drug-likeness (QED) is 0.875. The van der Waals surface area contributed by atoms with Crippen LogP contribution in [-0.4, -0.2) is 20.4 Å². The number of nitrogens with zero attached hydrogens (tertiary/aromatic N) is 3. The fraction of sp³-hybridized carbons (Fsp3) is 0.462. The molecule has 2 N–H and O–H groups in total. The van der Waals surface area contributed by atoms with Gasteiger partial charge in [-0.05, 0) is 18.6 Å². The van der Waals surface area contributed by atoms with Crippen LogP contribution in [0.1, 0.15) is 31.8 Å². The molecule has 0 amide bonds. The van der Waals surface area contributed by atoms with Crippen LogP contribution in [0.4, 0.5) is 0 Å². The Morgan fingerprint density at radius 3 is 3.05 bits per heavy atom. The van der Waals surface area contributed by atoms with E-state index in [-0.39, 0.29) is 0 Å². The molecule has 102 valence electrons. The van der Waals surface area contributed by atoms with Crippen LogP contribution in [0.2, 0.25) is 0 Å². The highest BCUT2D eigenvalue weighted by molar-refractivity contribution is 7.99. The Labute approximate surface area is 117 Å². The predicted octanol–water partition coefficient (Wildman–Crippen LogP) is 2.62. The molecule has 0 aromatic carbocycles. The van der Waals surface area contributed by atoms with Gasteiger partial charge in [-0.1, -0.05) is 19.0 Å². The normalized spacial score (nSPS) is 12.6. The van der Waals surface area contributed by atoms with E-state index in [1.807, 2.05) is 23.9 Å². The third-order valence-electron chi connectivity index (χ3n) is 2.81. The first-order valence-electron chi connectivity index (χ1n) is 6.32. The Bertz CT molecular complexity index is 529. The van der Waals surface area contributed by atoms with Gasteiger partial charge in [0, 0.05) is 23.6 Å². The highest BCUT2D eigenvalue weighted by Crippen LogP contribution is 2.21. The summed E-state index contributed by atoms with van der Waals surface area (Å²) in [5, 5.41) is 4.60. The summed E-state index contributed by atoms with van der Waals surface area (Å²) in [6, 6.07) is 3.72. The van der Waals surface area contributed by atoms with E-state index < -0.39 is 0 Å². The number of hydrogen-bond donors (Lipinski definition) is 1. The molecule has 1 atom stereocenters. The largest absolute Gasteiger partial charge is 0.334 e. The predicted molar refractivity (Wildman–Crippen MR) is 76.5 cm³/mol. The minimum absolute atomic E-state index is 0.401. The fourth-order valence-electron chi connectivity index (χ4n) is 1.49. The van der Waals surface area contributed by atoms with Crippen LogP contribution >= 0.6 is 11.8 Å². The van der Waals surface area contributed by atoms with Gasteiger partial charge < -0.3 is 10.3 Å². The molecule has 0 saturated heterocycles. The lowest BCUT2D eigenvalue weighted by Crippen LogP contribution is -1.99. The molecule has 2 heterocycles. The summed E-state index contributed by atoms with van der Waals surface area (Å²) in [6.45, 7) is 4.77. The van der Waals surface area contributed by atoms with Gasteiger partial charge in [0.25, 0.3) is 5.89 Å². The second kappa shape index (κ2) is 6.68. The maximum absolute atomic E-state index is 5.57.